The zero-order valence-corrected chi connectivity index (χ0v) is 14.8. The normalized spacial score (nSPS) is 9.96. The van der Waals surface area contributed by atoms with Gasteiger partial charge in [0.15, 0.2) is 5.82 Å². The van der Waals surface area contributed by atoms with Gasteiger partial charge in [0.2, 0.25) is 10.6 Å². The van der Waals surface area contributed by atoms with Crippen LogP contribution < -0.4 is 5.32 Å². The van der Waals surface area contributed by atoms with Gasteiger partial charge in [-0.05, 0) is 41.4 Å². The fourth-order valence-corrected chi connectivity index (χ4v) is 2.13. The van der Waals surface area contributed by atoms with E-state index in [0.717, 1.165) is 0 Å². The maximum Gasteiger partial charge on any atom is 0.224 e. The van der Waals surface area contributed by atoms with Gasteiger partial charge in [0.1, 0.15) is 11.0 Å². The number of nitrogens with one attached hydrogen (secondary N) is 1. The van der Waals surface area contributed by atoms with Crippen molar-refractivity contribution in [3.05, 3.63) is 69.8 Å². The first-order valence-corrected chi connectivity index (χ1v) is 7.91. The number of rotatable bonds is 3. The maximum absolute atomic E-state index is 13.8. The van der Waals surface area contributed by atoms with E-state index in [0.29, 0.717) is 11.0 Å². The summed E-state index contributed by atoms with van der Waals surface area (Å²) < 4.78 is 13.8. The zero-order valence-electron chi connectivity index (χ0n) is 12.5. The Labute approximate surface area is 157 Å². The molecular formula is C15H11Cl3FN5O. The molecule has 2 aromatic heterocycles. The number of aliphatic hydroxyl groups excluding tert-OH is 1. The summed E-state index contributed by atoms with van der Waals surface area (Å²) in [4.78, 5) is 14.8. The highest BCUT2D eigenvalue weighted by Gasteiger charge is 2.07. The summed E-state index contributed by atoms with van der Waals surface area (Å²) in [6, 6.07) is 7.82. The molecule has 2 N–H and O–H groups in total. The summed E-state index contributed by atoms with van der Waals surface area (Å²) in [7, 11) is 0. The zero-order chi connectivity index (χ0) is 18.2. The molecule has 0 aliphatic carbocycles. The Bertz CT molecular complexity index is 836. The predicted octanol–water partition coefficient (Wildman–Crippen LogP) is 4.29. The lowest BCUT2D eigenvalue weighted by molar-refractivity contribution is 0.276. The number of hydrogen-bond donors (Lipinski definition) is 2. The van der Waals surface area contributed by atoms with Crippen LogP contribution in [0.4, 0.5) is 15.9 Å². The fourth-order valence-electron chi connectivity index (χ4n) is 1.66. The molecular weight excluding hydrogens is 392 g/mol. The van der Waals surface area contributed by atoms with Gasteiger partial charge < -0.3 is 10.4 Å². The Morgan fingerprint density at radius 2 is 1.64 bits per heavy atom. The second-order valence-electron chi connectivity index (χ2n) is 4.42. The summed E-state index contributed by atoms with van der Waals surface area (Å²) in [5.74, 6) is -0.122. The van der Waals surface area contributed by atoms with Gasteiger partial charge in [-0.15, -0.1) is 0 Å². The third-order valence-corrected chi connectivity index (χ3v) is 3.30. The molecule has 0 aliphatic rings. The Morgan fingerprint density at radius 1 is 0.960 bits per heavy atom. The highest BCUT2D eigenvalue weighted by Crippen LogP contribution is 2.21. The van der Waals surface area contributed by atoms with Crippen LogP contribution in [0.1, 0.15) is 5.56 Å². The van der Waals surface area contributed by atoms with E-state index in [4.69, 9.17) is 39.9 Å². The van der Waals surface area contributed by atoms with Crippen molar-refractivity contribution in [3.8, 4) is 0 Å². The van der Waals surface area contributed by atoms with Crippen LogP contribution in [0.15, 0.2) is 42.7 Å². The molecule has 0 bridgehead atoms. The van der Waals surface area contributed by atoms with E-state index in [9.17, 15) is 4.39 Å². The molecule has 0 amide bonds. The fraction of sp³-hybridized carbons (Fsp3) is 0.0667. The van der Waals surface area contributed by atoms with Crippen LogP contribution in [0.3, 0.4) is 0 Å². The molecule has 10 heteroatoms. The molecule has 0 aliphatic heterocycles. The first-order valence-electron chi connectivity index (χ1n) is 6.77. The summed E-state index contributed by atoms with van der Waals surface area (Å²) in [6.45, 7) is -0.355. The molecule has 0 radical (unpaired) electrons. The van der Waals surface area contributed by atoms with Crippen LogP contribution in [-0.4, -0.2) is 25.0 Å². The second-order valence-corrected chi connectivity index (χ2v) is 5.48. The number of hydrogen-bond acceptors (Lipinski definition) is 6. The minimum absolute atomic E-state index is 0.0775. The molecule has 0 fully saturated rings. The molecule has 2 heterocycles. The molecule has 0 saturated heterocycles. The van der Waals surface area contributed by atoms with Crippen molar-refractivity contribution >= 4 is 46.3 Å². The van der Waals surface area contributed by atoms with Crippen LogP contribution in [-0.2, 0) is 6.61 Å². The van der Waals surface area contributed by atoms with E-state index in [1.54, 1.807) is 24.3 Å². The Morgan fingerprint density at radius 3 is 2.20 bits per heavy atom. The summed E-state index contributed by atoms with van der Waals surface area (Å²) in [6.07, 6.45) is 2.96. The van der Waals surface area contributed by atoms with E-state index in [2.05, 4.69) is 25.3 Å². The highest BCUT2D eigenvalue weighted by molar-refractivity contribution is 6.31. The molecule has 130 valence electrons. The molecule has 3 aromatic rings. The maximum atomic E-state index is 13.8. The average Bonchev–Trinajstić information content (AvgIpc) is 2.57. The van der Waals surface area contributed by atoms with Gasteiger partial charge >= 0.3 is 0 Å². The third kappa shape index (κ3) is 6.06. The number of nitrogens with zero attached hydrogens (tertiary/aromatic N) is 4. The monoisotopic (exact) mass is 401 g/mol. The number of anilines is 2. The summed E-state index contributed by atoms with van der Waals surface area (Å²) >= 11 is 16.4. The minimum atomic E-state index is -0.510. The van der Waals surface area contributed by atoms with Crippen molar-refractivity contribution in [1.82, 2.24) is 19.9 Å². The van der Waals surface area contributed by atoms with Gasteiger partial charge in [-0.25, -0.2) is 24.3 Å². The van der Waals surface area contributed by atoms with E-state index in [-0.39, 0.29) is 28.4 Å². The lowest BCUT2D eigenvalue weighted by Gasteiger charge is -2.08. The Balaban J connectivity index is 0.000000236. The largest absolute Gasteiger partial charge is 0.392 e. The van der Waals surface area contributed by atoms with Crippen LogP contribution >= 0.6 is 34.8 Å². The van der Waals surface area contributed by atoms with Gasteiger partial charge in [-0.1, -0.05) is 23.7 Å². The predicted molar refractivity (Wildman–Crippen MR) is 94.7 cm³/mol. The molecule has 6 nitrogen and oxygen atoms in total. The summed E-state index contributed by atoms with van der Waals surface area (Å²) in [5.41, 5.74) is 0.446. The van der Waals surface area contributed by atoms with Crippen molar-refractivity contribution in [1.29, 1.82) is 0 Å². The van der Waals surface area contributed by atoms with Crippen LogP contribution in [0.25, 0.3) is 0 Å². The van der Waals surface area contributed by atoms with Crippen molar-refractivity contribution in [2.45, 2.75) is 6.61 Å². The SMILES string of the molecule is Clc1ccnc(Cl)n1.OCc1cccc(Nc2ccnc(Cl)n2)c1F. The first-order chi connectivity index (χ1) is 12.0. The van der Waals surface area contributed by atoms with Gasteiger partial charge in [0.25, 0.3) is 0 Å². The smallest absolute Gasteiger partial charge is 0.224 e. The van der Waals surface area contributed by atoms with Gasteiger partial charge in [0, 0.05) is 18.0 Å². The number of aliphatic hydroxyl groups is 1. The van der Waals surface area contributed by atoms with E-state index in [1.165, 1.54) is 18.5 Å². The second kappa shape index (κ2) is 9.43. The molecule has 1 aromatic carbocycles. The minimum Gasteiger partial charge on any atom is -0.392 e. The molecule has 3 rings (SSSR count). The molecule has 0 unspecified atom stereocenters. The standard InChI is InChI=1S/C11H9ClFN3O.C4H2Cl2N2/c12-11-14-5-4-9(16-11)15-8-3-1-2-7(6-17)10(8)13;5-3-1-2-7-4(6)8-3/h1-5,17H,6H2,(H,14,15,16);1-2H. The van der Waals surface area contributed by atoms with E-state index < -0.39 is 5.82 Å². The Hall–Kier alpha value is -2.06. The van der Waals surface area contributed by atoms with E-state index >= 15 is 0 Å². The molecule has 0 spiro atoms. The summed E-state index contributed by atoms with van der Waals surface area (Å²) in [5, 5.41) is 12.3. The third-order valence-electron chi connectivity index (χ3n) is 2.73. The van der Waals surface area contributed by atoms with Gasteiger partial charge in [0.05, 0.1) is 12.3 Å². The lowest BCUT2D eigenvalue weighted by atomic mass is 10.2. The van der Waals surface area contributed by atoms with Crippen LogP contribution in [0, 0.1) is 5.82 Å². The first kappa shape index (κ1) is 19.3. The average molecular weight is 403 g/mol. The van der Waals surface area contributed by atoms with Crippen molar-refractivity contribution in [3.63, 3.8) is 0 Å². The van der Waals surface area contributed by atoms with Crippen molar-refractivity contribution < 1.29 is 9.50 Å². The van der Waals surface area contributed by atoms with Crippen molar-refractivity contribution in [2.24, 2.45) is 0 Å². The quantitative estimate of drug-likeness (QED) is 0.502. The number of halogens is 4. The molecule has 0 atom stereocenters. The number of aromatic nitrogens is 4. The van der Waals surface area contributed by atoms with E-state index in [1.807, 2.05) is 0 Å². The molecule has 25 heavy (non-hydrogen) atoms. The molecule has 0 saturated carbocycles. The highest BCUT2D eigenvalue weighted by atomic mass is 35.5. The number of benzene rings is 1. The van der Waals surface area contributed by atoms with Crippen LogP contribution in [0.5, 0.6) is 0 Å². The van der Waals surface area contributed by atoms with Gasteiger partial charge in [-0.2, -0.15) is 0 Å². The van der Waals surface area contributed by atoms with Gasteiger partial charge in [-0.3, -0.25) is 0 Å². The Kier molecular flexibility index (Phi) is 7.27. The topological polar surface area (TPSA) is 83.8 Å². The van der Waals surface area contributed by atoms with Crippen LogP contribution in [0.2, 0.25) is 15.7 Å². The lowest BCUT2D eigenvalue weighted by Crippen LogP contribution is -1.99. The van der Waals surface area contributed by atoms with Crippen molar-refractivity contribution in [2.75, 3.05) is 5.32 Å².